The molecule has 2 heterocycles. The molecule has 3 amide bonds. The second-order valence-electron chi connectivity index (χ2n) is 7.40. The number of aromatic nitrogens is 1. The van der Waals surface area contributed by atoms with E-state index in [2.05, 4.69) is 15.6 Å². The molecule has 6 nitrogen and oxygen atoms in total. The minimum Gasteiger partial charge on any atom is -0.326 e. The summed E-state index contributed by atoms with van der Waals surface area (Å²) in [5.74, 6) is -0.259. The average Bonchev–Trinajstić information content (AvgIpc) is 2.76. The van der Waals surface area contributed by atoms with Gasteiger partial charge in [-0.1, -0.05) is 24.3 Å². The Balaban J connectivity index is 1.44. The number of pyridine rings is 1. The number of aryl methyl sites for hydroxylation is 1. The Kier molecular flexibility index (Phi) is 5.42. The number of benzene rings is 2. The van der Waals surface area contributed by atoms with Crippen molar-refractivity contribution in [2.75, 3.05) is 23.7 Å². The van der Waals surface area contributed by atoms with Gasteiger partial charge in [0.15, 0.2) is 0 Å². The van der Waals surface area contributed by atoms with E-state index in [1.54, 1.807) is 11.1 Å². The summed E-state index contributed by atoms with van der Waals surface area (Å²) < 4.78 is 0. The zero-order chi connectivity index (χ0) is 20.2. The van der Waals surface area contributed by atoms with Crippen LogP contribution in [0, 0.1) is 12.8 Å². The van der Waals surface area contributed by atoms with Crippen LogP contribution in [0.2, 0.25) is 0 Å². The summed E-state index contributed by atoms with van der Waals surface area (Å²) in [5.41, 5.74) is 3.45. The monoisotopic (exact) mass is 388 g/mol. The van der Waals surface area contributed by atoms with Crippen LogP contribution in [0.5, 0.6) is 0 Å². The van der Waals surface area contributed by atoms with Gasteiger partial charge in [-0.25, -0.2) is 4.79 Å². The van der Waals surface area contributed by atoms with E-state index in [-0.39, 0.29) is 17.9 Å². The highest BCUT2D eigenvalue weighted by molar-refractivity contribution is 6.01. The molecule has 0 bridgehead atoms. The van der Waals surface area contributed by atoms with Crippen LogP contribution in [0.1, 0.15) is 18.4 Å². The predicted molar refractivity (Wildman–Crippen MR) is 115 cm³/mol. The van der Waals surface area contributed by atoms with Crippen LogP contribution in [-0.2, 0) is 4.79 Å². The molecule has 0 spiro atoms. The first-order chi connectivity index (χ1) is 14.1. The second-order valence-corrected chi connectivity index (χ2v) is 7.40. The first-order valence-corrected chi connectivity index (χ1v) is 9.88. The van der Waals surface area contributed by atoms with Crippen molar-refractivity contribution in [1.29, 1.82) is 0 Å². The number of amides is 3. The fraction of sp³-hybridized carbons (Fsp3) is 0.261. The Hall–Kier alpha value is -3.41. The summed E-state index contributed by atoms with van der Waals surface area (Å²) in [7, 11) is 0. The van der Waals surface area contributed by atoms with Crippen molar-refractivity contribution in [1.82, 2.24) is 9.88 Å². The van der Waals surface area contributed by atoms with Crippen molar-refractivity contribution in [2.45, 2.75) is 19.8 Å². The maximum absolute atomic E-state index is 12.9. The lowest BCUT2D eigenvalue weighted by atomic mass is 9.97. The van der Waals surface area contributed by atoms with Gasteiger partial charge in [0.25, 0.3) is 0 Å². The zero-order valence-electron chi connectivity index (χ0n) is 16.4. The van der Waals surface area contributed by atoms with Gasteiger partial charge in [-0.3, -0.25) is 9.78 Å². The lowest BCUT2D eigenvalue weighted by Gasteiger charge is -2.32. The highest BCUT2D eigenvalue weighted by atomic mass is 16.2. The summed E-state index contributed by atoms with van der Waals surface area (Å²) >= 11 is 0. The van der Waals surface area contributed by atoms with Gasteiger partial charge < -0.3 is 15.5 Å². The Labute approximate surface area is 169 Å². The molecule has 4 rings (SSSR count). The molecular weight excluding hydrogens is 364 g/mol. The van der Waals surface area contributed by atoms with E-state index in [4.69, 9.17) is 0 Å². The predicted octanol–water partition coefficient (Wildman–Crippen LogP) is 4.43. The highest BCUT2D eigenvalue weighted by Gasteiger charge is 2.28. The van der Waals surface area contributed by atoms with Gasteiger partial charge >= 0.3 is 6.03 Å². The van der Waals surface area contributed by atoms with Crippen molar-refractivity contribution in [3.05, 3.63) is 66.4 Å². The molecule has 3 aromatic rings. The van der Waals surface area contributed by atoms with Crippen LogP contribution in [0.25, 0.3) is 10.9 Å². The number of anilines is 2. The number of rotatable bonds is 3. The Bertz CT molecular complexity index is 1040. The summed E-state index contributed by atoms with van der Waals surface area (Å²) in [6.07, 6.45) is 3.33. The fourth-order valence-corrected chi connectivity index (χ4v) is 3.76. The molecule has 1 fully saturated rings. The fourth-order valence-electron chi connectivity index (χ4n) is 3.76. The van der Waals surface area contributed by atoms with Crippen molar-refractivity contribution < 1.29 is 9.59 Å². The third-order valence-electron chi connectivity index (χ3n) is 5.33. The van der Waals surface area contributed by atoms with E-state index in [0.29, 0.717) is 13.1 Å². The molecular formula is C23H24N4O2. The van der Waals surface area contributed by atoms with E-state index in [0.717, 1.165) is 40.7 Å². The summed E-state index contributed by atoms with van der Waals surface area (Å²) in [6.45, 7) is 3.05. The van der Waals surface area contributed by atoms with Crippen LogP contribution in [-0.4, -0.2) is 34.9 Å². The van der Waals surface area contributed by atoms with E-state index in [9.17, 15) is 9.59 Å². The van der Waals surface area contributed by atoms with Crippen molar-refractivity contribution >= 4 is 34.2 Å². The molecule has 1 aromatic heterocycles. The minimum absolute atomic E-state index is 0.0429. The Morgan fingerprint density at radius 1 is 1.03 bits per heavy atom. The zero-order valence-corrected chi connectivity index (χ0v) is 16.4. The number of carbonyl (C=O) groups is 2. The number of para-hydroxylation sites is 1. The molecule has 0 saturated carbocycles. The molecule has 0 aliphatic carbocycles. The molecule has 6 heteroatoms. The van der Waals surface area contributed by atoms with Gasteiger partial charge in [0, 0.05) is 30.4 Å². The van der Waals surface area contributed by atoms with Gasteiger partial charge in [-0.05, 0) is 55.7 Å². The van der Waals surface area contributed by atoms with Gasteiger partial charge in [-0.2, -0.15) is 0 Å². The number of hydrogen-bond donors (Lipinski definition) is 2. The number of nitrogens with zero attached hydrogens (tertiary/aromatic N) is 2. The molecule has 1 aliphatic heterocycles. The molecule has 2 N–H and O–H groups in total. The normalized spacial score (nSPS) is 16.4. The molecule has 1 aliphatic rings. The van der Waals surface area contributed by atoms with E-state index < -0.39 is 0 Å². The van der Waals surface area contributed by atoms with Gasteiger partial charge in [0.05, 0.1) is 17.1 Å². The van der Waals surface area contributed by atoms with E-state index >= 15 is 0 Å². The number of nitrogens with one attached hydrogen (secondary N) is 2. The third-order valence-corrected chi connectivity index (χ3v) is 5.33. The van der Waals surface area contributed by atoms with Crippen molar-refractivity contribution in [3.63, 3.8) is 0 Å². The average molecular weight is 388 g/mol. The molecule has 1 atom stereocenters. The number of fused-ring (bicyclic) bond motifs is 1. The van der Waals surface area contributed by atoms with Crippen molar-refractivity contribution in [2.24, 2.45) is 5.92 Å². The van der Waals surface area contributed by atoms with Crippen LogP contribution in [0.15, 0.2) is 60.8 Å². The number of urea groups is 1. The summed E-state index contributed by atoms with van der Waals surface area (Å²) in [4.78, 5) is 31.7. The molecule has 2 aromatic carbocycles. The van der Waals surface area contributed by atoms with E-state index in [1.807, 2.05) is 61.5 Å². The van der Waals surface area contributed by atoms with E-state index in [1.165, 1.54) is 0 Å². The largest absolute Gasteiger partial charge is 0.326 e. The van der Waals surface area contributed by atoms with Gasteiger partial charge in [-0.15, -0.1) is 0 Å². The van der Waals surface area contributed by atoms with Crippen LogP contribution in [0.4, 0.5) is 16.2 Å². The molecule has 148 valence electrons. The molecule has 0 unspecified atom stereocenters. The lowest BCUT2D eigenvalue weighted by Crippen LogP contribution is -2.45. The number of carbonyl (C=O) groups excluding carboxylic acids is 2. The Morgan fingerprint density at radius 3 is 2.69 bits per heavy atom. The number of likely N-dealkylation sites (tertiary alicyclic amines) is 1. The standard InChI is InChI=1S/C23H24N4O2/c1-16-11-12-20(19-10-5-13-24-21(16)19)26-23(29)27-14-6-7-17(15-27)22(28)25-18-8-3-2-4-9-18/h2-5,8-13,17H,6-7,14-15H2,1H3,(H,25,28)(H,26,29)/t17-/m0/s1. The lowest BCUT2D eigenvalue weighted by molar-refractivity contribution is -0.121. The molecule has 0 radical (unpaired) electrons. The van der Waals surface area contributed by atoms with Crippen LogP contribution < -0.4 is 10.6 Å². The van der Waals surface area contributed by atoms with Crippen LogP contribution in [0.3, 0.4) is 0 Å². The smallest absolute Gasteiger partial charge is 0.321 e. The maximum atomic E-state index is 12.9. The van der Waals surface area contributed by atoms with Gasteiger partial charge in [0.1, 0.15) is 0 Å². The topological polar surface area (TPSA) is 74.3 Å². The molecule has 29 heavy (non-hydrogen) atoms. The molecule has 1 saturated heterocycles. The highest BCUT2D eigenvalue weighted by Crippen LogP contribution is 2.26. The first kappa shape index (κ1) is 18.9. The van der Waals surface area contributed by atoms with Crippen molar-refractivity contribution in [3.8, 4) is 0 Å². The summed E-state index contributed by atoms with van der Waals surface area (Å²) in [5, 5.41) is 6.87. The van der Waals surface area contributed by atoms with Crippen LogP contribution >= 0.6 is 0 Å². The SMILES string of the molecule is Cc1ccc(NC(=O)N2CCC[C@H](C(=O)Nc3ccccc3)C2)c2cccnc12. The quantitative estimate of drug-likeness (QED) is 0.697. The number of hydrogen-bond acceptors (Lipinski definition) is 3. The van der Waals surface area contributed by atoms with Gasteiger partial charge in [0.2, 0.25) is 5.91 Å². The summed E-state index contributed by atoms with van der Waals surface area (Å²) in [6, 6.07) is 16.9. The number of piperidine rings is 1. The third kappa shape index (κ3) is 4.21. The Morgan fingerprint density at radius 2 is 1.86 bits per heavy atom. The maximum Gasteiger partial charge on any atom is 0.321 e. The second kappa shape index (κ2) is 8.31. The first-order valence-electron chi connectivity index (χ1n) is 9.88. The minimum atomic E-state index is -0.217.